The van der Waals surface area contributed by atoms with Gasteiger partial charge in [0.15, 0.2) is 0 Å². The molecule has 1 unspecified atom stereocenters. The molecule has 0 amide bonds. The van der Waals surface area contributed by atoms with E-state index in [1.54, 1.807) is 0 Å². The zero-order valence-corrected chi connectivity index (χ0v) is 10.7. The van der Waals surface area contributed by atoms with Gasteiger partial charge in [-0.15, -0.1) is 0 Å². The summed E-state index contributed by atoms with van der Waals surface area (Å²) in [6.45, 7) is 8.79. The molecule has 0 aliphatic rings. The summed E-state index contributed by atoms with van der Waals surface area (Å²) in [6, 6.07) is 8.36. The molecule has 15 heavy (non-hydrogen) atoms. The largest absolute Gasteiger partial charge is 0.305 e. The number of hydrogen-bond donors (Lipinski definition) is 1. The van der Waals surface area contributed by atoms with E-state index in [0.717, 1.165) is 11.4 Å². The molecule has 1 atom stereocenters. The van der Waals surface area contributed by atoms with Crippen molar-refractivity contribution in [2.75, 3.05) is 0 Å². The summed E-state index contributed by atoms with van der Waals surface area (Å²) >= 11 is 5.97. The Morgan fingerprint density at radius 1 is 1.40 bits per heavy atom. The summed E-state index contributed by atoms with van der Waals surface area (Å²) in [5, 5.41) is 4.39. The van der Waals surface area contributed by atoms with Gasteiger partial charge >= 0.3 is 0 Å². The van der Waals surface area contributed by atoms with Gasteiger partial charge in [-0.2, -0.15) is 0 Å². The minimum Gasteiger partial charge on any atom is -0.305 e. The van der Waals surface area contributed by atoms with Crippen LogP contribution in [0, 0.1) is 0 Å². The molecule has 0 saturated heterocycles. The van der Waals surface area contributed by atoms with Crippen molar-refractivity contribution in [3.63, 3.8) is 0 Å². The van der Waals surface area contributed by atoms with Gasteiger partial charge in [0.2, 0.25) is 0 Å². The SMILES string of the molecule is CCC(C)(C)NC(C)c1cccc(Cl)c1. The second kappa shape index (κ2) is 5.00. The van der Waals surface area contributed by atoms with Crippen molar-refractivity contribution in [2.45, 2.75) is 45.7 Å². The number of rotatable bonds is 4. The van der Waals surface area contributed by atoms with Crippen LogP contribution in [0.25, 0.3) is 0 Å². The third-order valence-electron chi connectivity index (χ3n) is 2.84. The van der Waals surface area contributed by atoms with Crippen LogP contribution in [0.3, 0.4) is 0 Å². The van der Waals surface area contributed by atoms with Crippen LogP contribution in [0.4, 0.5) is 0 Å². The summed E-state index contributed by atoms with van der Waals surface area (Å²) < 4.78 is 0. The third-order valence-corrected chi connectivity index (χ3v) is 3.07. The van der Waals surface area contributed by atoms with Crippen molar-refractivity contribution in [1.82, 2.24) is 5.32 Å². The van der Waals surface area contributed by atoms with Crippen LogP contribution in [-0.2, 0) is 0 Å². The second-order valence-electron chi connectivity index (χ2n) is 4.66. The van der Waals surface area contributed by atoms with E-state index in [9.17, 15) is 0 Å². The average Bonchev–Trinajstić information content (AvgIpc) is 2.17. The van der Waals surface area contributed by atoms with Crippen molar-refractivity contribution in [2.24, 2.45) is 0 Å². The highest BCUT2D eigenvalue weighted by Crippen LogP contribution is 2.20. The normalized spacial score (nSPS) is 13.9. The maximum atomic E-state index is 5.97. The molecule has 0 aliphatic heterocycles. The van der Waals surface area contributed by atoms with Crippen molar-refractivity contribution in [3.05, 3.63) is 34.9 Å². The first-order chi connectivity index (χ1) is 6.94. The Balaban J connectivity index is 2.73. The zero-order chi connectivity index (χ0) is 11.5. The fraction of sp³-hybridized carbons (Fsp3) is 0.538. The van der Waals surface area contributed by atoms with Gasteiger partial charge in [-0.25, -0.2) is 0 Å². The van der Waals surface area contributed by atoms with Gasteiger partial charge in [0, 0.05) is 16.6 Å². The number of halogens is 1. The molecule has 84 valence electrons. The van der Waals surface area contributed by atoms with Gasteiger partial charge in [0.05, 0.1) is 0 Å². The van der Waals surface area contributed by atoms with Crippen LogP contribution in [0.15, 0.2) is 24.3 Å². The van der Waals surface area contributed by atoms with Crippen LogP contribution in [0.1, 0.15) is 45.7 Å². The maximum absolute atomic E-state index is 5.97. The van der Waals surface area contributed by atoms with E-state index in [2.05, 4.69) is 39.1 Å². The van der Waals surface area contributed by atoms with Gasteiger partial charge in [-0.05, 0) is 44.9 Å². The topological polar surface area (TPSA) is 12.0 Å². The molecule has 0 aliphatic carbocycles. The standard InChI is InChI=1S/C13H20ClN/c1-5-13(3,4)15-10(2)11-7-6-8-12(14)9-11/h6-10,15H,5H2,1-4H3. The summed E-state index contributed by atoms with van der Waals surface area (Å²) in [6.07, 6.45) is 1.11. The Bertz CT molecular complexity index is 320. The van der Waals surface area contributed by atoms with E-state index in [1.807, 2.05) is 18.2 Å². The molecule has 1 aromatic rings. The molecule has 2 heteroatoms. The molecule has 0 heterocycles. The lowest BCUT2D eigenvalue weighted by molar-refractivity contribution is 0.337. The highest BCUT2D eigenvalue weighted by Gasteiger charge is 2.18. The lowest BCUT2D eigenvalue weighted by Crippen LogP contribution is -2.40. The summed E-state index contributed by atoms with van der Waals surface area (Å²) in [7, 11) is 0. The van der Waals surface area contributed by atoms with Gasteiger partial charge in [-0.1, -0.05) is 30.7 Å². The second-order valence-corrected chi connectivity index (χ2v) is 5.09. The van der Waals surface area contributed by atoms with E-state index in [4.69, 9.17) is 11.6 Å². The molecule has 0 aromatic heterocycles. The summed E-state index contributed by atoms with van der Waals surface area (Å²) in [4.78, 5) is 0. The van der Waals surface area contributed by atoms with Gasteiger partial charge < -0.3 is 5.32 Å². The quantitative estimate of drug-likeness (QED) is 0.811. The molecule has 1 nitrogen and oxygen atoms in total. The summed E-state index contributed by atoms with van der Waals surface area (Å²) in [5.74, 6) is 0. The van der Waals surface area contributed by atoms with Crippen LogP contribution in [0.2, 0.25) is 5.02 Å². The Morgan fingerprint density at radius 3 is 2.60 bits per heavy atom. The summed E-state index contributed by atoms with van der Waals surface area (Å²) in [5.41, 5.74) is 1.41. The van der Waals surface area contributed by atoms with Crippen molar-refractivity contribution < 1.29 is 0 Å². The van der Waals surface area contributed by atoms with Crippen LogP contribution in [0.5, 0.6) is 0 Å². The van der Waals surface area contributed by atoms with Gasteiger partial charge in [0.25, 0.3) is 0 Å². The number of hydrogen-bond acceptors (Lipinski definition) is 1. The van der Waals surface area contributed by atoms with E-state index in [1.165, 1.54) is 5.56 Å². The minimum absolute atomic E-state index is 0.168. The molecule has 0 spiro atoms. The Labute approximate surface area is 97.8 Å². The van der Waals surface area contributed by atoms with E-state index in [0.29, 0.717) is 6.04 Å². The van der Waals surface area contributed by atoms with E-state index < -0.39 is 0 Å². The first-order valence-corrected chi connectivity index (χ1v) is 5.85. The molecule has 0 bridgehead atoms. The Hall–Kier alpha value is -0.530. The number of benzene rings is 1. The molecule has 0 saturated carbocycles. The van der Waals surface area contributed by atoms with Crippen LogP contribution >= 0.6 is 11.6 Å². The third kappa shape index (κ3) is 3.84. The maximum Gasteiger partial charge on any atom is 0.0409 e. The van der Waals surface area contributed by atoms with E-state index in [-0.39, 0.29) is 5.54 Å². The molecule has 0 radical (unpaired) electrons. The molecule has 0 fully saturated rings. The minimum atomic E-state index is 0.168. The van der Waals surface area contributed by atoms with Crippen molar-refractivity contribution in [1.29, 1.82) is 0 Å². The Kier molecular flexibility index (Phi) is 4.18. The highest BCUT2D eigenvalue weighted by atomic mass is 35.5. The van der Waals surface area contributed by atoms with E-state index >= 15 is 0 Å². The monoisotopic (exact) mass is 225 g/mol. The molecule has 1 rings (SSSR count). The Morgan fingerprint density at radius 2 is 2.07 bits per heavy atom. The average molecular weight is 226 g/mol. The van der Waals surface area contributed by atoms with Crippen LogP contribution in [-0.4, -0.2) is 5.54 Å². The first kappa shape index (κ1) is 12.5. The van der Waals surface area contributed by atoms with Crippen molar-refractivity contribution >= 4 is 11.6 Å². The lowest BCUT2D eigenvalue weighted by atomic mass is 9.98. The molecular formula is C13H20ClN. The predicted octanol–water partition coefficient (Wildman–Crippen LogP) is 4.18. The van der Waals surface area contributed by atoms with Crippen molar-refractivity contribution in [3.8, 4) is 0 Å². The van der Waals surface area contributed by atoms with Gasteiger partial charge in [-0.3, -0.25) is 0 Å². The van der Waals surface area contributed by atoms with Crippen LogP contribution < -0.4 is 5.32 Å². The lowest BCUT2D eigenvalue weighted by Gasteiger charge is -2.29. The number of nitrogens with one attached hydrogen (secondary N) is 1. The van der Waals surface area contributed by atoms with Gasteiger partial charge in [0.1, 0.15) is 0 Å². The molecular weight excluding hydrogens is 206 g/mol. The fourth-order valence-electron chi connectivity index (χ4n) is 1.55. The fourth-order valence-corrected chi connectivity index (χ4v) is 1.75. The smallest absolute Gasteiger partial charge is 0.0409 e. The highest BCUT2D eigenvalue weighted by molar-refractivity contribution is 6.30. The zero-order valence-electron chi connectivity index (χ0n) is 9.97. The predicted molar refractivity (Wildman–Crippen MR) is 67.4 cm³/mol. The molecule has 1 N–H and O–H groups in total. The first-order valence-electron chi connectivity index (χ1n) is 5.48. The molecule has 1 aromatic carbocycles.